The molecule has 0 saturated heterocycles. The van der Waals surface area contributed by atoms with Gasteiger partial charge in [0.1, 0.15) is 0 Å². The molecule has 0 radical (unpaired) electrons. The molecule has 2 aromatic rings. The molecular weight excluding hydrogens is 208 g/mol. The Bertz CT molecular complexity index is 528. The number of para-hydroxylation sites is 1. The van der Waals surface area contributed by atoms with E-state index in [2.05, 4.69) is 4.98 Å². The number of aromatic nitrogens is 1. The van der Waals surface area contributed by atoms with Crippen molar-refractivity contribution in [1.29, 1.82) is 0 Å². The highest BCUT2D eigenvalue weighted by Gasteiger charge is 2.46. The summed E-state index contributed by atoms with van der Waals surface area (Å²) in [6.45, 7) is 0. The van der Waals surface area contributed by atoms with E-state index in [-0.39, 0.29) is 18.8 Å². The predicted octanol–water partition coefficient (Wildman–Crippen LogP) is 3.75. The summed E-state index contributed by atoms with van der Waals surface area (Å²) in [5.41, 5.74) is 1.68. The Labute approximate surface area is 92.1 Å². The maximum absolute atomic E-state index is 12.8. The number of alkyl halides is 2. The second-order valence-electron chi connectivity index (χ2n) is 4.39. The molecule has 0 aliphatic heterocycles. The van der Waals surface area contributed by atoms with Crippen LogP contribution in [0, 0.1) is 0 Å². The first-order valence-corrected chi connectivity index (χ1v) is 5.38. The van der Waals surface area contributed by atoms with Gasteiger partial charge >= 0.3 is 0 Å². The Morgan fingerprint density at radius 1 is 1.06 bits per heavy atom. The van der Waals surface area contributed by atoms with Gasteiger partial charge in [-0.05, 0) is 12.1 Å². The molecule has 16 heavy (non-hydrogen) atoms. The Morgan fingerprint density at radius 3 is 2.56 bits per heavy atom. The van der Waals surface area contributed by atoms with E-state index in [0.717, 1.165) is 16.6 Å². The number of rotatable bonds is 1. The zero-order valence-corrected chi connectivity index (χ0v) is 8.66. The maximum Gasteiger partial charge on any atom is 0.249 e. The summed E-state index contributed by atoms with van der Waals surface area (Å²) in [5.74, 6) is -2.54. The highest BCUT2D eigenvalue weighted by atomic mass is 19.3. The molecule has 0 amide bonds. The molecule has 1 heterocycles. The monoisotopic (exact) mass is 219 g/mol. The third-order valence-electron chi connectivity index (χ3n) is 3.13. The average Bonchev–Trinajstić information content (AvgIpc) is 2.25. The summed E-state index contributed by atoms with van der Waals surface area (Å²) in [4.78, 5) is 4.43. The molecular formula is C13H11F2N. The standard InChI is InChI=1S/C13H11F2N/c14-13(15)7-10(8-13)12-6-5-9-3-1-2-4-11(9)16-12/h1-6,10H,7-8H2. The highest BCUT2D eigenvalue weighted by Crippen LogP contribution is 2.47. The van der Waals surface area contributed by atoms with Crippen LogP contribution in [0.25, 0.3) is 10.9 Å². The molecule has 3 heteroatoms. The molecule has 0 unspecified atom stereocenters. The van der Waals surface area contributed by atoms with E-state index < -0.39 is 5.92 Å². The van der Waals surface area contributed by atoms with Crippen LogP contribution in [0.1, 0.15) is 24.5 Å². The first-order valence-electron chi connectivity index (χ1n) is 5.38. The van der Waals surface area contributed by atoms with Crippen molar-refractivity contribution in [2.75, 3.05) is 0 Å². The molecule has 0 atom stereocenters. The fourth-order valence-corrected chi connectivity index (χ4v) is 2.18. The lowest BCUT2D eigenvalue weighted by Crippen LogP contribution is -2.34. The van der Waals surface area contributed by atoms with Gasteiger partial charge < -0.3 is 0 Å². The van der Waals surface area contributed by atoms with Crippen LogP contribution < -0.4 is 0 Å². The lowest BCUT2D eigenvalue weighted by molar-refractivity contribution is -0.0875. The van der Waals surface area contributed by atoms with Crippen molar-refractivity contribution < 1.29 is 8.78 Å². The van der Waals surface area contributed by atoms with E-state index in [1.54, 1.807) is 0 Å². The zero-order chi connectivity index (χ0) is 11.2. The number of benzene rings is 1. The number of halogens is 2. The summed E-state index contributed by atoms with van der Waals surface area (Å²) in [7, 11) is 0. The van der Waals surface area contributed by atoms with Crippen LogP contribution >= 0.6 is 0 Å². The Kier molecular flexibility index (Phi) is 1.96. The van der Waals surface area contributed by atoms with Crippen LogP contribution in [0.15, 0.2) is 36.4 Å². The summed E-state index contributed by atoms with van der Waals surface area (Å²) in [5, 5.41) is 1.05. The molecule has 0 spiro atoms. The summed E-state index contributed by atoms with van der Waals surface area (Å²) in [6, 6.07) is 11.6. The fourth-order valence-electron chi connectivity index (χ4n) is 2.18. The van der Waals surface area contributed by atoms with Crippen molar-refractivity contribution in [2.24, 2.45) is 0 Å². The third kappa shape index (κ3) is 1.56. The van der Waals surface area contributed by atoms with Crippen LogP contribution in [0.3, 0.4) is 0 Å². The van der Waals surface area contributed by atoms with Gasteiger partial charge in [-0.15, -0.1) is 0 Å². The van der Waals surface area contributed by atoms with Gasteiger partial charge in [0.05, 0.1) is 5.52 Å². The molecule has 3 rings (SSSR count). The van der Waals surface area contributed by atoms with E-state index in [4.69, 9.17) is 0 Å². The van der Waals surface area contributed by atoms with Gasteiger partial charge in [-0.25, -0.2) is 8.78 Å². The Hall–Kier alpha value is -1.51. The molecule has 1 saturated carbocycles. The van der Waals surface area contributed by atoms with Crippen LogP contribution in [-0.2, 0) is 0 Å². The van der Waals surface area contributed by atoms with Crippen molar-refractivity contribution in [2.45, 2.75) is 24.7 Å². The minimum atomic E-state index is -2.47. The van der Waals surface area contributed by atoms with Gasteiger partial charge in [0, 0.05) is 29.8 Å². The molecule has 1 aromatic carbocycles. The molecule has 0 bridgehead atoms. The van der Waals surface area contributed by atoms with Crippen LogP contribution in [0.2, 0.25) is 0 Å². The smallest absolute Gasteiger partial charge is 0.249 e. The van der Waals surface area contributed by atoms with E-state index in [9.17, 15) is 8.78 Å². The zero-order valence-electron chi connectivity index (χ0n) is 8.66. The number of hydrogen-bond acceptors (Lipinski definition) is 1. The first kappa shape index (κ1) is 9.70. The van der Waals surface area contributed by atoms with Crippen molar-refractivity contribution in [3.63, 3.8) is 0 Å². The molecule has 1 aliphatic rings. The molecule has 0 N–H and O–H groups in total. The minimum Gasteiger partial charge on any atom is -0.253 e. The normalized spacial score (nSPS) is 19.6. The first-order chi connectivity index (χ1) is 7.64. The van der Waals surface area contributed by atoms with Crippen molar-refractivity contribution >= 4 is 10.9 Å². The van der Waals surface area contributed by atoms with Gasteiger partial charge in [-0.3, -0.25) is 4.98 Å². The Morgan fingerprint density at radius 2 is 1.81 bits per heavy atom. The number of fused-ring (bicyclic) bond motifs is 1. The van der Waals surface area contributed by atoms with Crippen molar-refractivity contribution in [3.8, 4) is 0 Å². The SMILES string of the molecule is FC1(F)CC(c2ccc3ccccc3n2)C1. The molecule has 1 aromatic heterocycles. The van der Waals surface area contributed by atoms with Crippen molar-refractivity contribution in [3.05, 3.63) is 42.1 Å². The minimum absolute atomic E-state index is 0.0572. The van der Waals surface area contributed by atoms with Gasteiger partial charge in [-0.1, -0.05) is 24.3 Å². The van der Waals surface area contributed by atoms with E-state index >= 15 is 0 Å². The number of hydrogen-bond donors (Lipinski definition) is 0. The van der Waals surface area contributed by atoms with Gasteiger partial charge in [-0.2, -0.15) is 0 Å². The topological polar surface area (TPSA) is 12.9 Å². The average molecular weight is 219 g/mol. The molecule has 1 nitrogen and oxygen atoms in total. The van der Waals surface area contributed by atoms with Crippen LogP contribution in [0.5, 0.6) is 0 Å². The lowest BCUT2D eigenvalue weighted by atomic mass is 9.79. The van der Waals surface area contributed by atoms with Gasteiger partial charge in [0.15, 0.2) is 0 Å². The lowest BCUT2D eigenvalue weighted by Gasteiger charge is -2.34. The summed E-state index contributed by atoms with van der Waals surface area (Å²) < 4.78 is 25.5. The van der Waals surface area contributed by atoms with E-state index in [1.807, 2.05) is 36.4 Å². The second kappa shape index (κ2) is 3.24. The number of pyridine rings is 1. The Balaban J connectivity index is 1.94. The predicted molar refractivity (Wildman–Crippen MR) is 58.7 cm³/mol. The second-order valence-corrected chi connectivity index (χ2v) is 4.39. The van der Waals surface area contributed by atoms with E-state index in [0.29, 0.717) is 0 Å². The summed E-state index contributed by atoms with van der Waals surface area (Å²) >= 11 is 0. The van der Waals surface area contributed by atoms with E-state index in [1.165, 1.54) is 0 Å². The molecule has 1 fully saturated rings. The molecule has 82 valence electrons. The number of nitrogens with zero attached hydrogens (tertiary/aromatic N) is 1. The van der Waals surface area contributed by atoms with Gasteiger partial charge in [0.2, 0.25) is 5.92 Å². The van der Waals surface area contributed by atoms with Gasteiger partial charge in [0.25, 0.3) is 0 Å². The quantitative estimate of drug-likeness (QED) is 0.711. The fraction of sp³-hybridized carbons (Fsp3) is 0.308. The summed E-state index contributed by atoms with van der Waals surface area (Å²) in [6.07, 6.45) is -0.114. The van der Waals surface area contributed by atoms with Crippen molar-refractivity contribution in [1.82, 2.24) is 4.98 Å². The van der Waals surface area contributed by atoms with Crippen LogP contribution in [0.4, 0.5) is 8.78 Å². The molecule has 1 aliphatic carbocycles. The van der Waals surface area contributed by atoms with Crippen LogP contribution in [-0.4, -0.2) is 10.9 Å². The largest absolute Gasteiger partial charge is 0.253 e. The highest BCUT2D eigenvalue weighted by molar-refractivity contribution is 5.78. The third-order valence-corrected chi connectivity index (χ3v) is 3.13. The maximum atomic E-state index is 12.8.